The molecule has 1 fully saturated rings. The van der Waals surface area contributed by atoms with E-state index < -0.39 is 0 Å². The highest BCUT2D eigenvalue weighted by molar-refractivity contribution is 6.02. The molecule has 2 aliphatic rings. The average molecular weight is 264 g/mol. The Morgan fingerprint density at radius 1 is 1.32 bits per heavy atom. The van der Waals surface area contributed by atoms with Gasteiger partial charge >= 0.3 is 0 Å². The van der Waals surface area contributed by atoms with E-state index in [9.17, 15) is 9.59 Å². The van der Waals surface area contributed by atoms with Crippen LogP contribution < -0.4 is 5.32 Å². The largest absolute Gasteiger partial charge is 0.352 e. The maximum atomic E-state index is 12.3. The predicted molar refractivity (Wildman–Crippen MR) is 74.5 cm³/mol. The van der Waals surface area contributed by atoms with Crippen molar-refractivity contribution in [3.63, 3.8) is 0 Å². The van der Waals surface area contributed by atoms with Gasteiger partial charge < -0.3 is 10.2 Å². The van der Waals surface area contributed by atoms with Gasteiger partial charge in [-0.15, -0.1) is 0 Å². The molecule has 0 spiro atoms. The van der Waals surface area contributed by atoms with E-state index in [-0.39, 0.29) is 17.7 Å². The summed E-state index contributed by atoms with van der Waals surface area (Å²) in [7, 11) is 0. The Balaban J connectivity index is 1.87. The third-order valence-electron chi connectivity index (χ3n) is 3.85. The van der Waals surface area contributed by atoms with E-state index >= 15 is 0 Å². The van der Waals surface area contributed by atoms with Gasteiger partial charge in [0.2, 0.25) is 11.8 Å². The molecular formula is C15H24N2O2. The first kappa shape index (κ1) is 14.1. The Morgan fingerprint density at radius 2 is 2.00 bits per heavy atom. The van der Waals surface area contributed by atoms with Crippen molar-refractivity contribution in [2.24, 2.45) is 11.8 Å². The third-order valence-corrected chi connectivity index (χ3v) is 3.85. The number of nitrogens with zero attached hydrogens (tertiary/aromatic N) is 1. The van der Waals surface area contributed by atoms with E-state index in [1.54, 1.807) is 0 Å². The number of amides is 2. The van der Waals surface area contributed by atoms with Gasteiger partial charge in [0.15, 0.2) is 0 Å². The highest BCUT2D eigenvalue weighted by Gasteiger charge is 2.35. The van der Waals surface area contributed by atoms with Gasteiger partial charge in [0, 0.05) is 25.2 Å². The Kier molecular flexibility index (Phi) is 4.61. The first-order valence-corrected chi connectivity index (χ1v) is 7.36. The number of hydrogen-bond donors (Lipinski definition) is 1. The molecule has 1 aliphatic carbocycles. The van der Waals surface area contributed by atoms with Crippen LogP contribution in [0.5, 0.6) is 0 Å². The number of rotatable bonds is 4. The quantitative estimate of drug-likeness (QED) is 0.840. The standard InChI is InChI=1S/C15H24N2O2/c1-11(2)10-16-14(18)12-6-7-13(12)15(19)17-8-4-3-5-9-17/h6,11,13H,3-5,7-10H2,1-2H3,(H,16,18). The second-order valence-corrected chi connectivity index (χ2v) is 5.94. The van der Waals surface area contributed by atoms with Crippen LogP contribution in [-0.4, -0.2) is 36.3 Å². The second kappa shape index (κ2) is 6.22. The topological polar surface area (TPSA) is 49.4 Å². The van der Waals surface area contributed by atoms with E-state index in [2.05, 4.69) is 19.2 Å². The normalized spacial score (nSPS) is 22.8. The van der Waals surface area contributed by atoms with Crippen molar-refractivity contribution in [3.05, 3.63) is 11.6 Å². The number of hydrogen-bond acceptors (Lipinski definition) is 2. The van der Waals surface area contributed by atoms with Crippen LogP contribution in [0.25, 0.3) is 0 Å². The number of carbonyl (C=O) groups is 2. The van der Waals surface area contributed by atoms with Crippen LogP contribution in [0.4, 0.5) is 0 Å². The minimum atomic E-state index is -0.190. The summed E-state index contributed by atoms with van der Waals surface area (Å²) < 4.78 is 0. The molecule has 1 aliphatic heterocycles. The molecular weight excluding hydrogens is 240 g/mol. The monoisotopic (exact) mass is 264 g/mol. The molecule has 1 saturated heterocycles. The molecule has 0 saturated carbocycles. The minimum absolute atomic E-state index is 0.0599. The highest BCUT2D eigenvalue weighted by Crippen LogP contribution is 2.30. The highest BCUT2D eigenvalue weighted by atomic mass is 16.2. The van der Waals surface area contributed by atoms with Gasteiger partial charge in [-0.3, -0.25) is 9.59 Å². The van der Waals surface area contributed by atoms with Crippen LogP contribution in [0, 0.1) is 11.8 Å². The predicted octanol–water partition coefficient (Wildman–Crippen LogP) is 1.72. The van der Waals surface area contributed by atoms with Crippen molar-refractivity contribution < 1.29 is 9.59 Å². The average Bonchev–Trinajstić information content (AvgIpc) is 2.36. The van der Waals surface area contributed by atoms with Gasteiger partial charge in [-0.2, -0.15) is 0 Å². The number of nitrogens with one attached hydrogen (secondary N) is 1. The molecule has 2 rings (SSSR count). The van der Waals surface area contributed by atoms with Crippen molar-refractivity contribution in [2.75, 3.05) is 19.6 Å². The Hall–Kier alpha value is -1.32. The van der Waals surface area contributed by atoms with E-state index in [4.69, 9.17) is 0 Å². The van der Waals surface area contributed by atoms with Crippen LogP contribution in [0.3, 0.4) is 0 Å². The summed E-state index contributed by atoms with van der Waals surface area (Å²) in [6, 6.07) is 0. The molecule has 1 atom stereocenters. The fourth-order valence-corrected chi connectivity index (χ4v) is 2.57. The molecule has 106 valence electrons. The van der Waals surface area contributed by atoms with Crippen molar-refractivity contribution in [2.45, 2.75) is 39.5 Å². The summed E-state index contributed by atoms with van der Waals surface area (Å²) in [5.41, 5.74) is 0.677. The van der Waals surface area contributed by atoms with Gasteiger partial charge in [-0.05, 0) is 31.6 Å². The molecule has 0 aromatic heterocycles. The zero-order chi connectivity index (χ0) is 13.8. The molecule has 1 unspecified atom stereocenters. The van der Waals surface area contributed by atoms with Crippen LogP contribution in [0.1, 0.15) is 39.5 Å². The summed E-state index contributed by atoms with van der Waals surface area (Å²) >= 11 is 0. The van der Waals surface area contributed by atoms with Crippen molar-refractivity contribution in [1.29, 1.82) is 0 Å². The first-order chi connectivity index (χ1) is 9.09. The first-order valence-electron chi connectivity index (χ1n) is 7.36. The summed E-state index contributed by atoms with van der Waals surface area (Å²) in [4.78, 5) is 26.2. The lowest BCUT2D eigenvalue weighted by Crippen LogP contribution is -2.45. The maximum absolute atomic E-state index is 12.3. The number of likely N-dealkylation sites (tertiary alicyclic amines) is 1. The molecule has 4 nitrogen and oxygen atoms in total. The smallest absolute Gasteiger partial charge is 0.247 e. The van der Waals surface area contributed by atoms with Crippen molar-refractivity contribution >= 4 is 11.8 Å². The molecule has 0 bridgehead atoms. The Bertz CT molecular complexity index is 382. The lowest BCUT2D eigenvalue weighted by atomic mass is 9.82. The van der Waals surface area contributed by atoms with E-state index in [1.165, 1.54) is 6.42 Å². The summed E-state index contributed by atoms with van der Waals surface area (Å²) in [5.74, 6) is 0.332. The number of carbonyl (C=O) groups excluding carboxylic acids is 2. The fraction of sp³-hybridized carbons (Fsp3) is 0.733. The third kappa shape index (κ3) is 3.37. The molecule has 1 N–H and O–H groups in total. The molecule has 0 radical (unpaired) electrons. The fourth-order valence-electron chi connectivity index (χ4n) is 2.57. The molecule has 2 amide bonds. The SMILES string of the molecule is CC(C)CNC(=O)C1=CCC1C(=O)N1CCCCC1. The van der Waals surface area contributed by atoms with Crippen LogP contribution >= 0.6 is 0 Å². The minimum Gasteiger partial charge on any atom is -0.352 e. The van der Waals surface area contributed by atoms with Gasteiger partial charge in [0.25, 0.3) is 0 Å². The van der Waals surface area contributed by atoms with Crippen molar-refractivity contribution in [1.82, 2.24) is 10.2 Å². The van der Waals surface area contributed by atoms with Gasteiger partial charge in [-0.25, -0.2) is 0 Å². The van der Waals surface area contributed by atoms with Crippen LogP contribution in [0.2, 0.25) is 0 Å². The summed E-state index contributed by atoms with van der Waals surface area (Å²) in [6.07, 6.45) is 6.02. The molecule has 19 heavy (non-hydrogen) atoms. The van der Waals surface area contributed by atoms with E-state index in [1.807, 2.05) is 11.0 Å². The second-order valence-electron chi connectivity index (χ2n) is 5.94. The molecule has 0 aromatic rings. The van der Waals surface area contributed by atoms with Crippen LogP contribution in [0.15, 0.2) is 11.6 Å². The Labute approximate surface area is 115 Å². The summed E-state index contributed by atoms with van der Waals surface area (Å²) in [6.45, 7) is 6.50. The molecule has 4 heteroatoms. The molecule has 0 aromatic carbocycles. The lowest BCUT2D eigenvalue weighted by Gasteiger charge is -2.34. The van der Waals surface area contributed by atoms with Gasteiger partial charge in [0.1, 0.15) is 0 Å². The molecule has 1 heterocycles. The maximum Gasteiger partial charge on any atom is 0.247 e. The van der Waals surface area contributed by atoms with Crippen molar-refractivity contribution in [3.8, 4) is 0 Å². The van der Waals surface area contributed by atoms with E-state index in [0.29, 0.717) is 18.0 Å². The number of piperidine rings is 1. The summed E-state index contributed by atoms with van der Waals surface area (Å²) in [5, 5.41) is 2.89. The zero-order valence-electron chi connectivity index (χ0n) is 11.9. The van der Waals surface area contributed by atoms with E-state index in [0.717, 1.165) is 32.4 Å². The zero-order valence-corrected chi connectivity index (χ0v) is 11.9. The Morgan fingerprint density at radius 3 is 2.53 bits per heavy atom. The number of allylic oxidation sites excluding steroid dienone is 1. The van der Waals surface area contributed by atoms with Crippen LogP contribution in [-0.2, 0) is 9.59 Å². The van der Waals surface area contributed by atoms with Gasteiger partial charge in [0.05, 0.1) is 5.92 Å². The lowest BCUT2D eigenvalue weighted by molar-refractivity contribution is -0.137. The van der Waals surface area contributed by atoms with Gasteiger partial charge in [-0.1, -0.05) is 19.9 Å².